The number of pyridine rings is 1. The number of hydrogen-bond acceptors (Lipinski definition) is 4. The van der Waals surface area contributed by atoms with Crippen LogP contribution in [-0.4, -0.2) is 16.9 Å². The molecular weight excluding hydrogens is 208 g/mol. The third-order valence-corrected chi connectivity index (χ3v) is 2.65. The average Bonchev–Trinajstić information content (AvgIpc) is 3.07. The summed E-state index contributed by atoms with van der Waals surface area (Å²) in [6.07, 6.45) is 3.68. The highest BCUT2D eigenvalue weighted by Crippen LogP contribution is 2.37. The van der Waals surface area contributed by atoms with Gasteiger partial charge in [0, 0.05) is 36.7 Å². The van der Waals surface area contributed by atoms with E-state index in [4.69, 9.17) is 0 Å². The maximum absolute atomic E-state index is 11.5. The maximum atomic E-state index is 11.5. The van der Waals surface area contributed by atoms with E-state index in [1.165, 1.54) is 0 Å². The third kappa shape index (κ3) is 2.36. The van der Waals surface area contributed by atoms with Gasteiger partial charge in [0.15, 0.2) is 0 Å². The molecule has 0 saturated heterocycles. The average molecular weight is 219 g/mol. The number of carbonyl (C=O) groups is 2. The summed E-state index contributed by atoms with van der Waals surface area (Å²) in [6, 6.07) is 3.59. The van der Waals surface area contributed by atoms with Gasteiger partial charge in [0.2, 0.25) is 5.91 Å². The molecule has 2 atom stereocenters. The van der Waals surface area contributed by atoms with Crippen LogP contribution in [0.3, 0.4) is 0 Å². The lowest BCUT2D eigenvalue weighted by Gasteiger charge is -2.04. The van der Waals surface area contributed by atoms with Gasteiger partial charge in [0.05, 0.1) is 0 Å². The van der Waals surface area contributed by atoms with Crippen LogP contribution >= 0.6 is 0 Å². The molecule has 1 amide bonds. The zero-order valence-corrected chi connectivity index (χ0v) is 8.55. The number of aromatic nitrogens is 1. The van der Waals surface area contributed by atoms with Crippen molar-refractivity contribution in [3.63, 3.8) is 0 Å². The van der Waals surface area contributed by atoms with Crippen molar-refractivity contribution >= 4 is 11.9 Å². The molecule has 5 heteroatoms. The van der Waals surface area contributed by atoms with Gasteiger partial charge in [0.25, 0.3) is 0 Å². The zero-order chi connectivity index (χ0) is 11.5. The van der Waals surface area contributed by atoms with Gasteiger partial charge in [0.1, 0.15) is 0 Å². The molecule has 0 unspecified atom stereocenters. The Kier molecular flexibility index (Phi) is 2.85. The summed E-state index contributed by atoms with van der Waals surface area (Å²) in [5.74, 6) is -2.36. The van der Waals surface area contributed by atoms with Gasteiger partial charge in [-0.1, -0.05) is 0 Å². The summed E-state index contributed by atoms with van der Waals surface area (Å²) in [5.41, 5.74) is 0.939. The van der Waals surface area contributed by atoms with E-state index in [0.29, 0.717) is 13.0 Å². The number of amides is 1. The van der Waals surface area contributed by atoms with Gasteiger partial charge in [-0.05, 0) is 24.1 Å². The molecule has 0 aliphatic heterocycles. The molecule has 1 heterocycles. The maximum Gasteiger partial charge on any atom is 0.224 e. The fourth-order valence-electron chi connectivity index (χ4n) is 1.57. The van der Waals surface area contributed by atoms with Crippen molar-refractivity contribution in [2.75, 3.05) is 0 Å². The lowest BCUT2D eigenvalue weighted by Crippen LogP contribution is -2.30. The minimum atomic E-state index is -1.14. The number of rotatable bonds is 4. The summed E-state index contributed by atoms with van der Waals surface area (Å²) >= 11 is 0. The minimum Gasteiger partial charge on any atom is -0.550 e. The Balaban J connectivity index is 1.80. The topological polar surface area (TPSA) is 82.1 Å². The van der Waals surface area contributed by atoms with Crippen molar-refractivity contribution in [3.05, 3.63) is 30.1 Å². The lowest BCUT2D eigenvalue weighted by molar-refractivity contribution is -0.308. The number of nitrogens with zero attached hydrogens (tertiary/aromatic N) is 1. The number of carboxylic acids is 1. The van der Waals surface area contributed by atoms with Gasteiger partial charge in [-0.2, -0.15) is 0 Å². The Bertz CT molecular complexity index is 405. The minimum absolute atomic E-state index is 0.217. The lowest BCUT2D eigenvalue weighted by atomic mass is 10.2. The van der Waals surface area contributed by atoms with Crippen LogP contribution in [0.4, 0.5) is 0 Å². The largest absolute Gasteiger partial charge is 0.550 e. The highest BCUT2D eigenvalue weighted by Gasteiger charge is 2.43. The van der Waals surface area contributed by atoms with Crippen LogP contribution in [0.5, 0.6) is 0 Å². The smallest absolute Gasteiger partial charge is 0.224 e. The molecule has 0 radical (unpaired) electrons. The number of hydrogen-bond donors (Lipinski definition) is 1. The Morgan fingerprint density at radius 2 is 2.06 bits per heavy atom. The Morgan fingerprint density at radius 3 is 2.62 bits per heavy atom. The fraction of sp³-hybridized carbons (Fsp3) is 0.364. The molecule has 1 fully saturated rings. The number of nitrogens with one attached hydrogen (secondary N) is 1. The molecule has 0 aromatic carbocycles. The van der Waals surface area contributed by atoms with Crippen LogP contribution in [0.2, 0.25) is 0 Å². The van der Waals surface area contributed by atoms with E-state index in [9.17, 15) is 14.7 Å². The molecule has 1 saturated carbocycles. The summed E-state index contributed by atoms with van der Waals surface area (Å²) < 4.78 is 0. The molecule has 1 aliphatic rings. The Hall–Kier alpha value is -1.91. The first-order valence-corrected chi connectivity index (χ1v) is 5.06. The van der Waals surface area contributed by atoms with Crippen molar-refractivity contribution in [2.24, 2.45) is 11.8 Å². The van der Waals surface area contributed by atoms with Crippen molar-refractivity contribution in [1.29, 1.82) is 0 Å². The van der Waals surface area contributed by atoms with Gasteiger partial charge in [-0.15, -0.1) is 0 Å². The van der Waals surface area contributed by atoms with Crippen LogP contribution in [0.15, 0.2) is 24.5 Å². The normalized spacial score (nSPS) is 22.5. The zero-order valence-electron chi connectivity index (χ0n) is 8.55. The van der Waals surface area contributed by atoms with Crippen molar-refractivity contribution < 1.29 is 14.7 Å². The monoisotopic (exact) mass is 219 g/mol. The van der Waals surface area contributed by atoms with Crippen LogP contribution in [0.25, 0.3) is 0 Å². The first-order valence-electron chi connectivity index (χ1n) is 5.06. The summed E-state index contributed by atoms with van der Waals surface area (Å²) in [4.78, 5) is 25.8. The van der Waals surface area contributed by atoms with Crippen LogP contribution in [-0.2, 0) is 16.1 Å². The van der Waals surface area contributed by atoms with Crippen LogP contribution in [0, 0.1) is 11.8 Å². The van der Waals surface area contributed by atoms with E-state index in [1.807, 2.05) is 0 Å². The molecule has 0 bridgehead atoms. The molecule has 2 rings (SSSR count). The summed E-state index contributed by atoms with van der Waals surface area (Å²) in [7, 11) is 0. The van der Waals surface area contributed by atoms with Crippen molar-refractivity contribution in [1.82, 2.24) is 10.3 Å². The fourth-order valence-corrected chi connectivity index (χ4v) is 1.57. The first-order chi connectivity index (χ1) is 7.68. The van der Waals surface area contributed by atoms with E-state index in [-0.39, 0.29) is 5.91 Å². The van der Waals surface area contributed by atoms with Crippen LogP contribution < -0.4 is 10.4 Å². The van der Waals surface area contributed by atoms with E-state index < -0.39 is 17.8 Å². The van der Waals surface area contributed by atoms with Crippen LogP contribution in [0.1, 0.15) is 12.0 Å². The van der Waals surface area contributed by atoms with Crippen molar-refractivity contribution in [2.45, 2.75) is 13.0 Å². The SMILES string of the molecule is O=C([O-])[C@H]1C[C@@H]1C(=O)NCc1ccncc1. The summed E-state index contributed by atoms with van der Waals surface area (Å²) in [6.45, 7) is 0.400. The molecule has 1 aromatic rings. The van der Waals surface area contributed by atoms with Gasteiger partial charge < -0.3 is 15.2 Å². The highest BCUT2D eigenvalue weighted by molar-refractivity contribution is 5.88. The van der Waals surface area contributed by atoms with E-state index in [2.05, 4.69) is 10.3 Å². The van der Waals surface area contributed by atoms with E-state index in [1.54, 1.807) is 24.5 Å². The molecule has 1 aromatic heterocycles. The standard InChI is InChI=1S/C11H12N2O3/c14-10(8-5-9(8)11(15)16)13-6-7-1-3-12-4-2-7/h1-4,8-9H,5-6H2,(H,13,14)(H,15,16)/p-1/t8-,9-/m0/s1. The second-order valence-corrected chi connectivity index (χ2v) is 3.84. The number of carboxylic acid groups (broad SMARTS) is 1. The number of carbonyl (C=O) groups excluding carboxylic acids is 2. The van der Waals surface area contributed by atoms with E-state index >= 15 is 0 Å². The van der Waals surface area contributed by atoms with Gasteiger partial charge >= 0.3 is 0 Å². The quantitative estimate of drug-likeness (QED) is 0.710. The van der Waals surface area contributed by atoms with Gasteiger partial charge in [-0.25, -0.2) is 0 Å². The second kappa shape index (κ2) is 4.30. The molecular formula is C11H11N2O3-. The predicted molar refractivity (Wildman–Crippen MR) is 52.7 cm³/mol. The number of aliphatic carboxylic acids is 1. The molecule has 1 N–H and O–H groups in total. The van der Waals surface area contributed by atoms with Crippen molar-refractivity contribution in [3.8, 4) is 0 Å². The first kappa shape index (κ1) is 10.6. The van der Waals surface area contributed by atoms with Gasteiger partial charge in [-0.3, -0.25) is 9.78 Å². The molecule has 1 aliphatic carbocycles. The molecule has 5 nitrogen and oxygen atoms in total. The second-order valence-electron chi connectivity index (χ2n) is 3.84. The summed E-state index contributed by atoms with van der Waals surface area (Å²) in [5, 5.41) is 13.1. The molecule has 16 heavy (non-hydrogen) atoms. The Labute approximate surface area is 92.5 Å². The molecule has 84 valence electrons. The predicted octanol–water partition coefficient (Wildman–Crippen LogP) is -0.916. The Morgan fingerprint density at radius 1 is 1.38 bits per heavy atom. The van der Waals surface area contributed by atoms with E-state index in [0.717, 1.165) is 5.56 Å². The molecule has 0 spiro atoms. The third-order valence-electron chi connectivity index (χ3n) is 2.65. The highest BCUT2D eigenvalue weighted by atomic mass is 16.4.